The first-order valence-corrected chi connectivity index (χ1v) is 10.8. The summed E-state index contributed by atoms with van der Waals surface area (Å²) in [6.45, 7) is 1.95. The molecule has 0 aliphatic heterocycles. The van der Waals surface area contributed by atoms with Gasteiger partial charge in [0.15, 0.2) is 0 Å². The number of rotatable bonds is 7. The predicted molar refractivity (Wildman–Crippen MR) is 128 cm³/mol. The molecule has 7 heteroatoms. The number of amides is 2. The van der Waals surface area contributed by atoms with Gasteiger partial charge in [-0.05, 0) is 42.3 Å². The number of aromatic nitrogens is 3. The van der Waals surface area contributed by atoms with Crippen LogP contribution in [0, 0.1) is 0 Å². The summed E-state index contributed by atoms with van der Waals surface area (Å²) >= 11 is 0. The van der Waals surface area contributed by atoms with Crippen molar-refractivity contribution in [2.45, 2.75) is 13.3 Å². The number of pyridine rings is 1. The molecule has 4 rings (SSSR count). The Morgan fingerprint density at radius 2 is 1.76 bits per heavy atom. The highest BCUT2D eigenvalue weighted by Crippen LogP contribution is 2.24. The Hall–Kier alpha value is -4.26. The summed E-state index contributed by atoms with van der Waals surface area (Å²) in [6.07, 6.45) is 5.84. The largest absolute Gasteiger partial charge is 0.332 e. The number of aryl methyl sites for hydroxylation is 1. The van der Waals surface area contributed by atoms with Crippen LogP contribution in [0.1, 0.15) is 22.8 Å². The topological polar surface area (TPSA) is 80.1 Å². The van der Waals surface area contributed by atoms with Crippen LogP contribution < -0.4 is 5.32 Å². The van der Waals surface area contributed by atoms with Crippen molar-refractivity contribution in [2.75, 3.05) is 18.9 Å². The third-order valence-corrected chi connectivity index (χ3v) is 5.30. The summed E-state index contributed by atoms with van der Waals surface area (Å²) in [5, 5.41) is 7.56. The summed E-state index contributed by atoms with van der Waals surface area (Å²) in [7, 11) is 1.61. The van der Waals surface area contributed by atoms with Gasteiger partial charge in [0.2, 0.25) is 5.91 Å². The Morgan fingerprint density at radius 3 is 2.48 bits per heavy atom. The Morgan fingerprint density at radius 1 is 1.00 bits per heavy atom. The van der Waals surface area contributed by atoms with Gasteiger partial charge < -0.3 is 10.2 Å². The van der Waals surface area contributed by atoms with Crippen molar-refractivity contribution in [1.29, 1.82) is 0 Å². The molecule has 0 spiro atoms. The first-order chi connectivity index (χ1) is 16.1. The van der Waals surface area contributed by atoms with Gasteiger partial charge in [0.1, 0.15) is 5.69 Å². The van der Waals surface area contributed by atoms with Crippen molar-refractivity contribution in [3.63, 3.8) is 0 Å². The quantitative estimate of drug-likeness (QED) is 0.468. The maximum atomic E-state index is 13.4. The zero-order valence-electron chi connectivity index (χ0n) is 18.6. The van der Waals surface area contributed by atoms with Crippen molar-refractivity contribution in [2.24, 2.45) is 0 Å². The first kappa shape index (κ1) is 22.0. The molecule has 0 radical (unpaired) electrons. The second kappa shape index (κ2) is 9.91. The number of nitrogens with one attached hydrogen (secondary N) is 1. The molecule has 33 heavy (non-hydrogen) atoms. The van der Waals surface area contributed by atoms with E-state index < -0.39 is 0 Å². The van der Waals surface area contributed by atoms with Gasteiger partial charge in [0.05, 0.1) is 17.8 Å². The number of anilines is 1. The second-order valence-electron chi connectivity index (χ2n) is 7.63. The molecule has 2 aromatic heterocycles. The summed E-state index contributed by atoms with van der Waals surface area (Å²) < 4.78 is 1.67. The Labute approximate surface area is 192 Å². The molecule has 0 aliphatic carbocycles. The first-order valence-electron chi connectivity index (χ1n) is 10.8. The Bertz CT molecular complexity index is 1250. The summed E-state index contributed by atoms with van der Waals surface area (Å²) in [6, 6.07) is 20.9. The summed E-state index contributed by atoms with van der Waals surface area (Å²) in [5.74, 6) is -0.555. The van der Waals surface area contributed by atoms with Crippen LogP contribution in [0.15, 0.2) is 85.3 Å². The molecule has 0 saturated carbocycles. The lowest BCUT2D eigenvalue weighted by atomic mass is 10.1. The monoisotopic (exact) mass is 439 g/mol. The Balaban J connectivity index is 1.59. The van der Waals surface area contributed by atoms with E-state index in [0.717, 1.165) is 28.9 Å². The fraction of sp³-hybridized carbons (Fsp3) is 0.154. The zero-order chi connectivity index (χ0) is 23.2. The molecule has 0 saturated heterocycles. The number of para-hydroxylation sites is 2. The molecule has 0 bridgehead atoms. The van der Waals surface area contributed by atoms with Crippen molar-refractivity contribution >= 4 is 17.5 Å². The highest BCUT2D eigenvalue weighted by molar-refractivity contribution is 6.02. The molecule has 7 nitrogen and oxygen atoms in total. The minimum absolute atomic E-state index is 0.0835. The van der Waals surface area contributed by atoms with E-state index >= 15 is 0 Å². The molecule has 4 aromatic rings. The van der Waals surface area contributed by atoms with Crippen molar-refractivity contribution in [3.8, 4) is 16.9 Å². The third-order valence-electron chi connectivity index (χ3n) is 5.30. The van der Waals surface area contributed by atoms with E-state index in [1.807, 2.05) is 67.6 Å². The highest BCUT2D eigenvalue weighted by Gasteiger charge is 2.23. The van der Waals surface area contributed by atoms with Gasteiger partial charge in [-0.2, -0.15) is 5.10 Å². The van der Waals surface area contributed by atoms with Crippen LogP contribution in [0.4, 0.5) is 5.69 Å². The zero-order valence-corrected chi connectivity index (χ0v) is 18.6. The summed E-state index contributed by atoms with van der Waals surface area (Å²) in [4.78, 5) is 31.6. The second-order valence-corrected chi connectivity index (χ2v) is 7.63. The lowest BCUT2D eigenvalue weighted by molar-refractivity contribution is -0.116. The van der Waals surface area contributed by atoms with Crippen LogP contribution in [0.25, 0.3) is 16.9 Å². The average molecular weight is 440 g/mol. The number of benzene rings is 2. The number of hydrogen-bond donors (Lipinski definition) is 1. The fourth-order valence-corrected chi connectivity index (χ4v) is 3.59. The van der Waals surface area contributed by atoms with Crippen molar-refractivity contribution < 1.29 is 9.59 Å². The normalized spacial score (nSPS) is 10.6. The van der Waals surface area contributed by atoms with Crippen LogP contribution >= 0.6 is 0 Å². The lowest BCUT2D eigenvalue weighted by Crippen LogP contribution is -2.35. The van der Waals surface area contributed by atoms with E-state index in [1.165, 1.54) is 4.90 Å². The van der Waals surface area contributed by atoms with Gasteiger partial charge >= 0.3 is 0 Å². The van der Waals surface area contributed by atoms with Crippen LogP contribution in [0.2, 0.25) is 0 Å². The molecule has 0 unspecified atom stereocenters. The number of carbonyl (C=O) groups is 2. The van der Waals surface area contributed by atoms with E-state index in [9.17, 15) is 9.59 Å². The average Bonchev–Trinajstić information content (AvgIpc) is 3.30. The molecule has 0 aliphatic rings. The van der Waals surface area contributed by atoms with Gasteiger partial charge in [-0.3, -0.25) is 14.6 Å². The van der Waals surface area contributed by atoms with Gasteiger partial charge in [-0.1, -0.05) is 43.3 Å². The molecule has 2 amide bonds. The van der Waals surface area contributed by atoms with E-state index in [4.69, 9.17) is 0 Å². The maximum Gasteiger partial charge on any atom is 0.257 e. The molecule has 166 valence electrons. The number of hydrogen-bond acceptors (Lipinski definition) is 4. The molecule has 0 atom stereocenters. The maximum absolute atomic E-state index is 13.4. The molecule has 2 aromatic carbocycles. The standard InChI is InChI=1S/C26H25N5O2/c1-3-19-10-7-8-14-23(19)28-24(32)18-30(2)26(33)22-17-31(21-12-5-4-6-13-21)29-25(22)20-11-9-15-27-16-20/h4-17H,3,18H2,1-2H3,(H,28,32). The van der Waals surface area contributed by atoms with Crippen molar-refractivity contribution in [1.82, 2.24) is 19.7 Å². The summed E-state index contributed by atoms with van der Waals surface area (Å²) in [5.41, 5.74) is 4.28. The smallest absolute Gasteiger partial charge is 0.257 e. The van der Waals surface area contributed by atoms with Crippen LogP contribution in [0.3, 0.4) is 0 Å². The van der Waals surface area contributed by atoms with E-state index in [-0.39, 0.29) is 18.4 Å². The van der Waals surface area contributed by atoms with E-state index in [1.54, 1.807) is 36.4 Å². The Kier molecular flexibility index (Phi) is 6.59. The van der Waals surface area contributed by atoms with Crippen LogP contribution in [-0.4, -0.2) is 45.1 Å². The van der Waals surface area contributed by atoms with Gasteiger partial charge in [-0.15, -0.1) is 0 Å². The molecular weight excluding hydrogens is 414 g/mol. The highest BCUT2D eigenvalue weighted by atomic mass is 16.2. The number of likely N-dealkylation sites (N-methyl/N-ethyl adjacent to an activating group) is 1. The van der Waals surface area contributed by atoms with Crippen LogP contribution in [-0.2, 0) is 11.2 Å². The fourth-order valence-electron chi connectivity index (χ4n) is 3.59. The SMILES string of the molecule is CCc1ccccc1NC(=O)CN(C)C(=O)c1cn(-c2ccccc2)nc1-c1cccnc1. The van der Waals surface area contributed by atoms with E-state index in [2.05, 4.69) is 15.4 Å². The van der Waals surface area contributed by atoms with Gasteiger partial charge in [-0.25, -0.2) is 4.68 Å². The van der Waals surface area contributed by atoms with Crippen LogP contribution in [0.5, 0.6) is 0 Å². The molecule has 2 heterocycles. The molecular formula is C26H25N5O2. The molecule has 0 fully saturated rings. The lowest BCUT2D eigenvalue weighted by Gasteiger charge is -2.17. The number of nitrogens with zero attached hydrogens (tertiary/aromatic N) is 4. The van der Waals surface area contributed by atoms with Gasteiger partial charge in [0, 0.05) is 36.9 Å². The number of carbonyl (C=O) groups excluding carboxylic acids is 2. The predicted octanol–water partition coefficient (Wildman–Crippen LogP) is 4.21. The third kappa shape index (κ3) is 4.98. The molecule has 1 N–H and O–H groups in total. The minimum atomic E-state index is -0.296. The van der Waals surface area contributed by atoms with Gasteiger partial charge in [0.25, 0.3) is 5.91 Å². The van der Waals surface area contributed by atoms with E-state index in [0.29, 0.717) is 11.3 Å². The van der Waals surface area contributed by atoms with Crippen molar-refractivity contribution in [3.05, 3.63) is 96.4 Å². The minimum Gasteiger partial charge on any atom is -0.332 e.